The molecular weight excluding hydrogens is 431 g/mol. The van der Waals surface area contributed by atoms with Crippen LogP contribution in [0, 0.1) is 5.41 Å². The summed E-state index contributed by atoms with van der Waals surface area (Å²) in [5.74, 6) is 1.04. The highest BCUT2D eigenvalue weighted by atomic mass is 127. The molecule has 0 radical (unpaired) electrons. The van der Waals surface area contributed by atoms with Crippen molar-refractivity contribution in [3.63, 3.8) is 0 Å². The summed E-state index contributed by atoms with van der Waals surface area (Å²) in [5, 5.41) is 13.0. The normalized spacial score (nSPS) is 27.4. The van der Waals surface area contributed by atoms with Gasteiger partial charge in [0.05, 0.1) is 13.2 Å². The van der Waals surface area contributed by atoms with Crippen molar-refractivity contribution < 1.29 is 9.84 Å². The molecule has 0 aromatic rings. The van der Waals surface area contributed by atoms with Gasteiger partial charge >= 0.3 is 0 Å². The molecule has 2 saturated heterocycles. The summed E-state index contributed by atoms with van der Waals surface area (Å²) in [6.07, 6.45) is 7.17. The van der Waals surface area contributed by atoms with E-state index in [9.17, 15) is 5.11 Å². The van der Waals surface area contributed by atoms with E-state index >= 15 is 0 Å². The Balaban J connectivity index is 0.00000225. The average Bonchev–Trinajstić information content (AvgIpc) is 3.27. The van der Waals surface area contributed by atoms with Crippen molar-refractivity contribution in [1.29, 1.82) is 0 Å². The lowest BCUT2D eigenvalue weighted by atomic mass is 9.83. The second-order valence-electron chi connectivity index (χ2n) is 7.62. The molecular formula is C18H35IN4O2. The van der Waals surface area contributed by atoms with Crippen molar-refractivity contribution in [3.05, 3.63) is 0 Å². The Morgan fingerprint density at radius 2 is 1.96 bits per heavy atom. The van der Waals surface area contributed by atoms with Gasteiger partial charge in [-0.3, -0.25) is 9.89 Å². The molecule has 0 aromatic carbocycles. The third kappa shape index (κ3) is 5.43. The highest BCUT2D eigenvalue weighted by Gasteiger charge is 2.35. The van der Waals surface area contributed by atoms with Gasteiger partial charge in [0.2, 0.25) is 0 Å². The van der Waals surface area contributed by atoms with Crippen LogP contribution in [0.1, 0.15) is 38.5 Å². The van der Waals surface area contributed by atoms with Gasteiger partial charge in [0.25, 0.3) is 0 Å². The van der Waals surface area contributed by atoms with Gasteiger partial charge in [-0.05, 0) is 31.1 Å². The molecule has 0 spiro atoms. The number of nitrogens with one attached hydrogen (secondary N) is 1. The number of rotatable bonds is 5. The monoisotopic (exact) mass is 466 g/mol. The van der Waals surface area contributed by atoms with Crippen molar-refractivity contribution in [2.45, 2.75) is 44.6 Å². The molecule has 3 aliphatic rings. The van der Waals surface area contributed by atoms with Crippen LogP contribution in [-0.2, 0) is 4.74 Å². The lowest BCUT2D eigenvalue weighted by molar-refractivity contribution is 0.0194. The zero-order valence-corrected chi connectivity index (χ0v) is 17.9. The quantitative estimate of drug-likeness (QED) is 0.366. The van der Waals surface area contributed by atoms with Gasteiger partial charge in [-0.2, -0.15) is 0 Å². The minimum atomic E-state index is 0. The van der Waals surface area contributed by atoms with E-state index in [1.807, 2.05) is 7.05 Å². The first-order valence-electron chi connectivity index (χ1n) is 9.65. The Morgan fingerprint density at radius 1 is 1.24 bits per heavy atom. The van der Waals surface area contributed by atoms with E-state index in [2.05, 4.69) is 20.1 Å². The summed E-state index contributed by atoms with van der Waals surface area (Å²) in [6.45, 7) is 7.23. The molecule has 1 aliphatic carbocycles. The largest absolute Gasteiger partial charge is 0.396 e. The van der Waals surface area contributed by atoms with Gasteiger partial charge in [0, 0.05) is 52.4 Å². The zero-order valence-electron chi connectivity index (χ0n) is 15.6. The van der Waals surface area contributed by atoms with Gasteiger partial charge in [-0.1, -0.05) is 12.8 Å². The minimum absolute atomic E-state index is 0. The number of nitrogens with zero attached hydrogens (tertiary/aromatic N) is 3. The molecule has 6 nitrogen and oxygen atoms in total. The third-order valence-corrected chi connectivity index (χ3v) is 6.16. The van der Waals surface area contributed by atoms with E-state index in [1.165, 1.54) is 32.1 Å². The maximum absolute atomic E-state index is 9.42. The average molecular weight is 466 g/mol. The lowest BCUT2D eigenvalue weighted by Crippen LogP contribution is -2.48. The summed E-state index contributed by atoms with van der Waals surface area (Å²) >= 11 is 0. The van der Waals surface area contributed by atoms with Crippen molar-refractivity contribution in [2.24, 2.45) is 10.4 Å². The summed E-state index contributed by atoms with van der Waals surface area (Å²) < 4.78 is 5.47. The number of aliphatic hydroxyl groups is 1. The molecule has 0 amide bonds. The third-order valence-electron chi connectivity index (χ3n) is 6.16. The van der Waals surface area contributed by atoms with E-state index in [1.54, 1.807) is 0 Å². The van der Waals surface area contributed by atoms with Crippen molar-refractivity contribution in [1.82, 2.24) is 15.1 Å². The Bertz CT molecular complexity index is 423. The molecule has 7 heteroatoms. The van der Waals surface area contributed by atoms with Gasteiger partial charge in [0.15, 0.2) is 5.96 Å². The van der Waals surface area contributed by atoms with Crippen LogP contribution < -0.4 is 5.32 Å². The fourth-order valence-electron chi connectivity index (χ4n) is 4.65. The number of likely N-dealkylation sites (tertiary alicyclic amines) is 1. The van der Waals surface area contributed by atoms with Crippen LogP contribution in [-0.4, -0.2) is 86.5 Å². The highest BCUT2D eigenvalue weighted by Crippen LogP contribution is 2.40. The van der Waals surface area contributed by atoms with Gasteiger partial charge < -0.3 is 20.1 Å². The number of guanidine groups is 1. The molecule has 3 fully saturated rings. The molecule has 25 heavy (non-hydrogen) atoms. The van der Waals surface area contributed by atoms with Gasteiger partial charge in [-0.25, -0.2) is 0 Å². The Hall–Kier alpha value is -0.120. The predicted octanol–water partition coefficient (Wildman–Crippen LogP) is 1.53. The van der Waals surface area contributed by atoms with Gasteiger partial charge in [-0.15, -0.1) is 24.0 Å². The van der Waals surface area contributed by atoms with E-state index in [4.69, 9.17) is 4.74 Å². The van der Waals surface area contributed by atoms with Gasteiger partial charge in [0.1, 0.15) is 0 Å². The Kier molecular flexibility index (Phi) is 8.71. The molecule has 1 unspecified atom stereocenters. The van der Waals surface area contributed by atoms with E-state index in [0.29, 0.717) is 12.6 Å². The second kappa shape index (κ2) is 10.3. The van der Waals surface area contributed by atoms with Crippen LogP contribution in [0.15, 0.2) is 4.99 Å². The number of hydrogen-bond acceptors (Lipinski definition) is 4. The van der Waals surface area contributed by atoms with Crippen LogP contribution >= 0.6 is 24.0 Å². The van der Waals surface area contributed by atoms with E-state index in [0.717, 1.165) is 58.3 Å². The van der Waals surface area contributed by atoms with Crippen LogP contribution in [0.3, 0.4) is 0 Å². The molecule has 1 saturated carbocycles. The Labute approximate surface area is 169 Å². The van der Waals surface area contributed by atoms with Crippen LogP contribution in [0.25, 0.3) is 0 Å². The number of aliphatic hydroxyl groups excluding tert-OH is 1. The summed E-state index contributed by atoms with van der Waals surface area (Å²) in [6, 6.07) is 0.630. The zero-order chi connectivity index (χ0) is 16.8. The Morgan fingerprint density at radius 3 is 2.60 bits per heavy atom. The maximum atomic E-state index is 9.42. The van der Waals surface area contributed by atoms with Crippen LogP contribution in [0.4, 0.5) is 0 Å². The summed E-state index contributed by atoms with van der Waals surface area (Å²) in [7, 11) is 1.89. The number of aliphatic imine (C=N–C) groups is 1. The summed E-state index contributed by atoms with van der Waals surface area (Å²) in [5.41, 5.74) is 0.272. The molecule has 3 rings (SSSR count). The van der Waals surface area contributed by atoms with Crippen molar-refractivity contribution in [2.75, 3.05) is 59.6 Å². The van der Waals surface area contributed by atoms with Crippen LogP contribution in [0.5, 0.6) is 0 Å². The topological polar surface area (TPSA) is 60.3 Å². The fraction of sp³-hybridized carbons (Fsp3) is 0.944. The molecule has 2 heterocycles. The molecule has 1 atom stereocenters. The predicted molar refractivity (Wildman–Crippen MR) is 112 cm³/mol. The number of hydrogen-bond donors (Lipinski definition) is 2. The van der Waals surface area contributed by atoms with E-state index < -0.39 is 0 Å². The van der Waals surface area contributed by atoms with Crippen molar-refractivity contribution >= 4 is 29.9 Å². The first-order chi connectivity index (χ1) is 11.8. The molecule has 0 bridgehead atoms. The standard InChI is InChI=1S/C18H34N4O2.HI/c1-19-17(20-15-18(7-11-23)5-2-3-6-18)22-8-4-16(14-22)21-9-12-24-13-10-21;/h16,23H,2-15H2,1H3,(H,19,20);1H. The fourth-order valence-corrected chi connectivity index (χ4v) is 4.65. The lowest BCUT2D eigenvalue weighted by Gasteiger charge is -2.33. The summed E-state index contributed by atoms with van der Waals surface area (Å²) in [4.78, 5) is 9.50. The van der Waals surface area contributed by atoms with E-state index in [-0.39, 0.29) is 29.4 Å². The first-order valence-corrected chi connectivity index (χ1v) is 9.65. The molecule has 146 valence electrons. The minimum Gasteiger partial charge on any atom is -0.396 e. The molecule has 2 N–H and O–H groups in total. The molecule has 0 aromatic heterocycles. The number of morpholine rings is 1. The SMILES string of the molecule is CN=C(NCC1(CCO)CCCC1)N1CCC(N2CCOCC2)C1.I. The smallest absolute Gasteiger partial charge is 0.193 e. The van der Waals surface area contributed by atoms with Crippen LogP contribution in [0.2, 0.25) is 0 Å². The number of ether oxygens (including phenoxy) is 1. The first kappa shape index (κ1) is 21.2. The highest BCUT2D eigenvalue weighted by molar-refractivity contribution is 14.0. The molecule has 2 aliphatic heterocycles. The number of halogens is 1. The second-order valence-corrected chi connectivity index (χ2v) is 7.62. The van der Waals surface area contributed by atoms with Crippen molar-refractivity contribution in [3.8, 4) is 0 Å². The maximum Gasteiger partial charge on any atom is 0.193 e.